The molecule has 0 unspecified atom stereocenters. The van der Waals surface area contributed by atoms with Crippen molar-refractivity contribution in [1.29, 1.82) is 0 Å². The summed E-state index contributed by atoms with van der Waals surface area (Å²) in [6, 6.07) is 4.38. The molecular weight excluding hydrogens is 185 g/mol. The number of halogens is 1. The van der Waals surface area contributed by atoms with Crippen LogP contribution in [-0.2, 0) is 0 Å². The van der Waals surface area contributed by atoms with Crippen molar-refractivity contribution >= 4 is 6.09 Å². The van der Waals surface area contributed by atoms with Gasteiger partial charge in [0.2, 0.25) is 0 Å². The van der Waals surface area contributed by atoms with Crippen LogP contribution in [0.4, 0.5) is 9.18 Å². The van der Waals surface area contributed by atoms with Crippen molar-refractivity contribution in [3.8, 4) is 5.75 Å². The van der Waals surface area contributed by atoms with Gasteiger partial charge < -0.3 is 9.64 Å². The minimum atomic E-state index is -0.515. The van der Waals surface area contributed by atoms with Crippen LogP contribution in [0.1, 0.15) is 5.56 Å². The van der Waals surface area contributed by atoms with E-state index >= 15 is 0 Å². The van der Waals surface area contributed by atoms with Crippen molar-refractivity contribution in [2.45, 2.75) is 6.92 Å². The molecule has 3 nitrogen and oxygen atoms in total. The van der Waals surface area contributed by atoms with E-state index < -0.39 is 6.09 Å². The van der Waals surface area contributed by atoms with Gasteiger partial charge in [0.05, 0.1) is 0 Å². The summed E-state index contributed by atoms with van der Waals surface area (Å²) in [5.41, 5.74) is 0.336. The minimum Gasteiger partial charge on any atom is -0.410 e. The first kappa shape index (κ1) is 10.5. The maximum absolute atomic E-state index is 13.0. The van der Waals surface area contributed by atoms with Gasteiger partial charge in [0.1, 0.15) is 11.6 Å². The fourth-order valence-corrected chi connectivity index (χ4v) is 0.884. The van der Waals surface area contributed by atoms with E-state index in [0.29, 0.717) is 5.56 Å². The normalized spacial score (nSPS) is 9.71. The van der Waals surface area contributed by atoms with Gasteiger partial charge in [-0.2, -0.15) is 0 Å². The topological polar surface area (TPSA) is 29.5 Å². The molecule has 0 aliphatic carbocycles. The Labute approximate surface area is 82.1 Å². The third kappa shape index (κ3) is 2.22. The number of carbonyl (C=O) groups is 1. The number of hydrogen-bond donors (Lipinski definition) is 0. The third-order valence-electron chi connectivity index (χ3n) is 1.78. The molecule has 0 heterocycles. The largest absolute Gasteiger partial charge is 0.414 e. The molecule has 0 saturated carbocycles. The molecule has 0 bridgehead atoms. The Kier molecular flexibility index (Phi) is 3.06. The van der Waals surface area contributed by atoms with Gasteiger partial charge in [-0.15, -0.1) is 0 Å². The first-order valence-corrected chi connectivity index (χ1v) is 4.16. The highest BCUT2D eigenvalue weighted by molar-refractivity contribution is 5.70. The van der Waals surface area contributed by atoms with Gasteiger partial charge in [-0.25, -0.2) is 9.18 Å². The van der Waals surface area contributed by atoms with E-state index in [0.717, 1.165) is 0 Å². The van der Waals surface area contributed by atoms with Gasteiger partial charge in [0.15, 0.2) is 0 Å². The highest BCUT2D eigenvalue weighted by Crippen LogP contribution is 2.20. The van der Waals surface area contributed by atoms with Crippen LogP contribution < -0.4 is 4.74 Å². The van der Waals surface area contributed by atoms with E-state index in [4.69, 9.17) is 4.74 Å². The molecule has 0 atom stereocenters. The summed E-state index contributed by atoms with van der Waals surface area (Å²) in [6.07, 6.45) is -0.515. The summed E-state index contributed by atoms with van der Waals surface area (Å²) in [6.45, 7) is 1.56. The first-order valence-electron chi connectivity index (χ1n) is 4.16. The second-order valence-corrected chi connectivity index (χ2v) is 3.13. The maximum Gasteiger partial charge on any atom is 0.414 e. The lowest BCUT2D eigenvalue weighted by Gasteiger charge is -2.12. The van der Waals surface area contributed by atoms with Crippen molar-refractivity contribution in [2.24, 2.45) is 0 Å². The molecule has 0 fully saturated rings. The summed E-state index contributed by atoms with van der Waals surface area (Å²) in [7, 11) is 3.13. The van der Waals surface area contributed by atoms with Gasteiger partial charge >= 0.3 is 6.09 Å². The van der Waals surface area contributed by atoms with E-state index in [1.807, 2.05) is 0 Å². The second-order valence-electron chi connectivity index (χ2n) is 3.13. The first-order chi connectivity index (χ1) is 6.52. The number of benzene rings is 1. The molecule has 0 radical (unpaired) electrons. The molecule has 0 saturated heterocycles. The lowest BCUT2D eigenvalue weighted by molar-refractivity contribution is 0.171. The zero-order valence-corrected chi connectivity index (χ0v) is 8.37. The van der Waals surface area contributed by atoms with Crippen LogP contribution in [0.25, 0.3) is 0 Å². The average molecular weight is 197 g/mol. The van der Waals surface area contributed by atoms with Crippen LogP contribution in [-0.4, -0.2) is 25.1 Å². The monoisotopic (exact) mass is 197 g/mol. The van der Waals surface area contributed by atoms with Crippen molar-refractivity contribution in [3.63, 3.8) is 0 Å². The molecule has 1 amide bonds. The molecule has 0 aromatic heterocycles. The molecule has 0 aliphatic heterocycles. The van der Waals surface area contributed by atoms with Gasteiger partial charge in [-0.1, -0.05) is 6.07 Å². The summed E-state index contributed by atoms with van der Waals surface area (Å²) in [4.78, 5) is 12.4. The predicted molar refractivity (Wildman–Crippen MR) is 50.8 cm³/mol. The summed E-state index contributed by atoms with van der Waals surface area (Å²) < 4.78 is 18.0. The molecule has 1 aromatic carbocycles. The molecule has 4 heteroatoms. The highest BCUT2D eigenvalue weighted by atomic mass is 19.1. The molecular formula is C10H12FNO2. The summed E-state index contributed by atoms with van der Waals surface area (Å²) in [5, 5.41) is 0. The van der Waals surface area contributed by atoms with E-state index in [-0.39, 0.29) is 11.6 Å². The lowest BCUT2D eigenvalue weighted by atomic mass is 10.2. The Bertz CT molecular complexity index is 350. The molecule has 1 rings (SSSR count). The number of amides is 1. The van der Waals surface area contributed by atoms with Crippen LogP contribution >= 0.6 is 0 Å². The van der Waals surface area contributed by atoms with E-state index in [2.05, 4.69) is 0 Å². The maximum atomic E-state index is 13.0. The molecule has 0 N–H and O–H groups in total. The summed E-state index contributed by atoms with van der Waals surface area (Å²) >= 11 is 0. The standard InChI is InChI=1S/C10H12FNO2/c1-7-8(11)5-4-6-9(7)14-10(13)12(2)3/h4-6H,1-3H3. The fourth-order valence-electron chi connectivity index (χ4n) is 0.884. The predicted octanol–water partition coefficient (Wildman–Crippen LogP) is 2.19. The van der Waals surface area contributed by atoms with E-state index in [1.165, 1.54) is 17.0 Å². The SMILES string of the molecule is Cc1c(F)cccc1OC(=O)N(C)C. The number of hydrogen-bond acceptors (Lipinski definition) is 2. The van der Waals surface area contributed by atoms with Crippen LogP contribution in [0.3, 0.4) is 0 Å². The Hall–Kier alpha value is -1.58. The Morgan fingerprint density at radius 1 is 1.43 bits per heavy atom. The Morgan fingerprint density at radius 3 is 2.64 bits per heavy atom. The average Bonchev–Trinajstić information content (AvgIpc) is 2.12. The van der Waals surface area contributed by atoms with Gasteiger partial charge in [0.25, 0.3) is 0 Å². The molecule has 0 aliphatic rings. The quantitative estimate of drug-likeness (QED) is 0.690. The number of ether oxygens (including phenoxy) is 1. The smallest absolute Gasteiger partial charge is 0.410 e. The van der Waals surface area contributed by atoms with Crippen molar-refractivity contribution in [1.82, 2.24) is 4.90 Å². The van der Waals surface area contributed by atoms with E-state index in [1.54, 1.807) is 27.1 Å². The van der Waals surface area contributed by atoms with Crippen molar-refractivity contribution < 1.29 is 13.9 Å². The zero-order valence-electron chi connectivity index (χ0n) is 8.37. The van der Waals surface area contributed by atoms with Crippen molar-refractivity contribution in [3.05, 3.63) is 29.6 Å². The molecule has 0 spiro atoms. The molecule has 1 aromatic rings. The minimum absolute atomic E-state index is 0.253. The Balaban J connectivity index is 2.87. The number of rotatable bonds is 1. The molecule has 76 valence electrons. The Morgan fingerprint density at radius 2 is 2.07 bits per heavy atom. The van der Waals surface area contributed by atoms with Crippen LogP contribution in [0.2, 0.25) is 0 Å². The van der Waals surface area contributed by atoms with Crippen LogP contribution in [0, 0.1) is 12.7 Å². The van der Waals surface area contributed by atoms with E-state index in [9.17, 15) is 9.18 Å². The van der Waals surface area contributed by atoms with Crippen molar-refractivity contribution in [2.75, 3.05) is 14.1 Å². The number of nitrogens with zero attached hydrogens (tertiary/aromatic N) is 1. The zero-order chi connectivity index (χ0) is 10.7. The van der Waals surface area contributed by atoms with Gasteiger partial charge in [-0.05, 0) is 19.1 Å². The molecule has 14 heavy (non-hydrogen) atoms. The van der Waals surface area contributed by atoms with Gasteiger partial charge in [0, 0.05) is 19.7 Å². The fraction of sp³-hybridized carbons (Fsp3) is 0.300. The number of carbonyl (C=O) groups excluding carboxylic acids is 1. The lowest BCUT2D eigenvalue weighted by Crippen LogP contribution is -2.25. The highest BCUT2D eigenvalue weighted by Gasteiger charge is 2.10. The third-order valence-corrected chi connectivity index (χ3v) is 1.78. The second kappa shape index (κ2) is 4.09. The van der Waals surface area contributed by atoms with Crippen LogP contribution in [0.5, 0.6) is 5.75 Å². The summed E-state index contributed by atoms with van der Waals surface area (Å²) in [5.74, 6) is -0.127. The van der Waals surface area contributed by atoms with Gasteiger partial charge in [-0.3, -0.25) is 0 Å². The van der Waals surface area contributed by atoms with Crippen LogP contribution in [0.15, 0.2) is 18.2 Å².